The molecule has 0 aromatic heterocycles. The van der Waals surface area contributed by atoms with Gasteiger partial charge < -0.3 is 4.74 Å². The fourth-order valence-electron chi connectivity index (χ4n) is 0.898. The Labute approximate surface area is 83.1 Å². The van der Waals surface area contributed by atoms with Crippen LogP contribution in [0.1, 0.15) is 5.56 Å². The van der Waals surface area contributed by atoms with Crippen LogP contribution in [0.4, 0.5) is 8.78 Å². The Balaban J connectivity index is 3.03. The van der Waals surface area contributed by atoms with E-state index >= 15 is 0 Å². The van der Waals surface area contributed by atoms with E-state index in [-0.39, 0.29) is 0 Å². The molecule has 13 heavy (non-hydrogen) atoms. The van der Waals surface area contributed by atoms with Crippen molar-refractivity contribution in [1.82, 2.24) is 0 Å². The molecule has 1 nitrogen and oxygen atoms in total. The Morgan fingerprint density at radius 1 is 1.46 bits per heavy atom. The van der Waals surface area contributed by atoms with Gasteiger partial charge in [-0.25, -0.2) is 0 Å². The van der Waals surface area contributed by atoms with Crippen molar-refractivity contribution in [2.45, 2.75) is 0 Å². The van der Waals surface area contributed by atoms with Gasteiger partial charge in [0.05, 0.1) is 11.6 Å². The van der Waals surface area contributed by atoms with E-state index in [4.69, 9.17) is 4.74 Å². The van der Waals surface area contributed by atoms with Crippen molar-refractivity contribution < 1.29 is 13.5 Å². The summed E-state index contributed by atoms with van der Waals surface area (Å²) in [5.74, 6) is 0.622. The molecular formula is C9H7BrF2O. The molecule has 0 saturated carbocycles. The highest BCUT2D eigenvalue weighted by molar-refractivity contribution is 9.10. The minimum atomic E-state index is -1.71. The summed E-state index contributed by atoms with van der Waals surface area (Å²) >= 11 is 3.20. The topological polar surface area (TPSA) is 9.23 Å². The first kappa shape index (κ1) is 10.2. The summed E-state index contributed by atoms with van der Waals surface area (Å²) in [6.07, 6.45) is -0.915. The zero-order valence-corrected chi connectivity index (χ0v) is 8.44. The van der Waals surface area contributed by atoms with E-state index in [2.05, 4.69) is 15.9 Å². The van der Waals surface area contributed by atoms with Crippen LogP contribution in [0.3, 0.4) is 0 Å². The molecule has 70 valence electrons. The molecule has 0 radical (unpaired) electrons. The molecule has 0 heterocycles. The average Bonchev–Trinajstić information content (AvgIpc) is 2.03. The summed E-state index contributed by atoms with van der Waals surface area (Å²) in [5.41, 5.74) is 0.438. The highest BCUT2D eigenvalue weighted by atomic mass is 79.9. The van der Waals surface area contributed by atoms with Gasteiger partial charge in [-0.2, -0.15) is 8.78 Å². The van der Waals surface area contributed by atoms with Gasteiger partial charge in [-0.3, -0.25) is 0 Å². The molecule has 0 aliphatic carbocycles. The Hall–Kier alpha value is -0.900. The molecule has 0 atom stereocenters. The smallest absolute Gasteiger partial charge is 0.270 e. The summed E-state index contributed by atoms with van der Waals surface area (Å²) in [5, 5.41) is 0. The average molecular weight is 249 g/mol. The Morgan fingerprint density at radius 2 is 2.15 bits per heavy atom. The largest absolute Gasteiger partial charge is 0.496 e. The normalized spacial score (nSPS) is 9.54. The van der Waals surface area contributed by atoms with E-state index in [1.807, 2.05) is 0 Å². The predicted octanol–water partition coefficient (Wildman–Crippen LogP) is 3.70. The first-order chi connectivity index (χ1) is 6.13. The molecule has 0 unspecified atom stereocenters. The molecule has 0 fully saturated rings. The molecule has 0 aliphatic rings. The van der Waals surface area contributed by atoms with Gasteiger partial charge in [0.1, 0.15) is 5.75 Å². The molecule has 4 heteroatoms. The van der Waals surface area contributed by atoms with E-state index in [1.165, 1.54) is 7.11 Å². The first-order valence-electron chi connectivity index (χ1n) is 3.49. The lowest BCUT2D eigenvalue weighted by molar-refractivity contribution is 0.412. The van der Waals surface area contributed by atoms with E-state index in [0.717, 1.165) is 6.08 Å². The van der Waals surface area contributed by atoms with Crippen LogP contribution in [0, 0.1) is 0 Å². The van der Waals surface area contributed by atoms with Gasteiger partial charge in [0.2, 0.25) is 0 Å². The molecule has 1 aromatic rings. The third kappa shape index (κ3) is 2.81. The van der Waals surface area contributed by atoms with Crippen molar-refractivity contribution >= 4 is 22.0 Å². The molecule has 0 saturated heterocycles. The van der Waals surface area contributed by atoms with Crippen molar-refractivity contribution in [2.75, 3.05) is 7.11 Å². The maximum absolute atomic E-state index is 11.8. The Kier molecular flexibility index (Phi) is 3.42. The zero-order chi connectivity index (χ0) is 9.84. The maximum atomic E-state index is 11.8. The van der Waals surface area contributed by atoms with Crippen molar-refractivity contribution in [1.29, 1.82) is 0 Å². The van der Waals surface area contributed by atoms with Gasteiger partial charge in [0, 0.05) is 6.08 Å². The lowest BCUT2D eigenvalue weighted by Gasteiger charge is -2.02. The summed E-state index contributed by atoms with van der Waals surface area (Å²) in [4.78, 5) is 0. The van der Waals surface area contributed by atoms with Gasteiger partial charge in [0.25, 0.3) is 6.08 Å². The number of hydrogen-bond acceptors (Lipinski definition) is 1. The van der Waals surface area contributed by atoms with E-state index in [0.29, 0.717) is 15.8 Å². The SMILES string of the molecule is COc1ccc(C=C(F)F)cc1Br. The Morgan fingerprint density at radius 3 is 2.62 bits per heavy atom. The maximum Gasteiger partial charge on any atom is 0.270 e. The van der Waals surface area contributed by atoms with Crippen molar-refractivity contribution in [3.05, 3.63) is 34.3 Å². The predicted molar refractivity (Wildman–Crippen MR) is 50.9 cm³/mol. The highest BCUT2D eigenvalue weighted by Crippen LogP contribution is 2.26. The van der Waals surface area contributed by atoms with Gasteiger partial charge in [-0.05, 0) is 33.6 Å². The van der Waals surface area contributed by atoms with Crippen molar-refractivity contribution in [2.24, 2.45) is 0 Å². The molecule has 0 aliphatic heterocycles. The zero-order valence-electron chi connectivity index (χ0n) is 6.85. The molecule has 1 rings (SSSR count). The van der Waals surface area contributed by atoms with Crippen LogP contribution >= 0.6 is 15.9 Å². The monoisotopic (exact) mass is 248 g/mol. The van der Waals surface area contributed by atoms with Gasteiger partial charge >= 0.3 is 0 Å². The summed E-state index contributed by atoms with van der Waals surface area (Å²) in [6.45, 7) is 0. The molecule has 0 spiro atoms. The third-order valence-electron chi connectivity index (χ3n) is 1.45. The van der Waals surface area contributed by atoms with Crippen LogP contribution in [0.5, 0.6) is 5.75 Å². The highest BCUT2D eigenvalue weighted by Gasteiger charge is 2.00. The van der Waals surface area contributed by atoms with Crippen LogP contribution in [-0.2, 0) is 0 Å². The van der Waals surface area contributed by atoms with Crippen molar-refractivity contribution in [3.63, 3.8) is 0 Å². The number of ether oxygens (including phenoxy) is 1. The summed E-state index contributed by atoms with van der Waals surface area (Å²) in [7, 11) is 1.52. The Bertz CT molecular complexity index is 332. The number of halogens is 3. The molecule has 0 amide bonds. The van der Waals surface area contributed by atoms with Crippen LogP contribution in [0.2, 0.25) is 0 Å². The number of methoxy groups -OCH3 is 1. The molecule has 1 aromatic carbocycles. The fourth-order valence-corrected chi connectivity index (χ4v) is 1.46. The molecule has 0 bridgehead atoms. The standard InChI is InChI=1S/C9H7BrF2O/c1-13-8-3-2-6(4-7(8)10)5-9(11)12/h2-5H,1H3. The van der Waals surface area contributed by atoms with Crippen LogP contribution in [0.15, 0.2) is 28.8 Å². The van der Waals surface area contributed by atoms with Crippen molar-refractivity contribution in [3.8, 4) is 5.75 Å². The summed E-state index contributed by atoms with van der Waals surface area (Å²) in [6, 6.07) is 4.75. The summed E-state index contributed by atoms with van der Waals surface area (Å²) < 4.78 is 29.3. The number of hydrogen-bond donors (Lipinski definition) is 0. The second-order valence-electron chi connectivity index (χ2n) is 2.33. The minimum Gasteiger partial charge on any atom is -0.496 e. The number of benzene rings is 1. The van der Waals surface area contributed by atoms with Gasteiger partial charge in [0.15, 0.2) is 0 Å². The quantitative estimate of drug-likeness (QED) is 0.776. The van der Waals surface area contributed by atoms with Gasteiger partial charge in [-0.1, -0.05) is 6.07 Å². The van der Waals surface area contributed by atoms with Crippen LogP contribution in [-0.4, -0.2) is 7.11 Å². The molecular weight excluding hydrogens is 242 g/mol. The molecule has 0 N–H and O–H groups in total. The van der Waals surface area contributed by atoms with E-state index in [1.54, 1.807) is 18.2 Å². The third-order valence-corrected chi connectivity index (χ3v) is 2.07. The van der Waals surface area contributed by atoms with E-state index in [9.17, 15) is 8.78 Å². The van der Waals surface area contributed by atoms with Crippen LogP contribution in [0.25, 0.3) is 6.08 Å². The lowest BCUT2D eigenvalue weighted by atomic mass is 10.2. The second-order valence-corrected chi connectivity index (χ2v) is 3.18. The van der Waals surface area contributed by atoms with Gasteiger partial charge in [-0.15, -0.1) is 0 Å². The second kappa shape index (κ2) is 4.37. The lowest BCUT2D eigenvalue weighted by Crippen LogP contribution is -1.84. The fraction of sp³-hybridized carbons (Fsp3) is 0.111. The number of rotatable bonds is 2. The minimum absolute atomic E-state index is 0.438. The van der Waals surface area contributed by atoms with E-state index < -0.39 is 6.08 Å². The van der Waals surface area contributed by atoms with Crippen LogP contribution < -0.4 is 4.74 Å². The first-order valence-corrected chi connectivity index (χ1v) is 4.29.